The maximum Gasteiger partial charge on any atom is 0.416 e. The molecule has 27 heavy (non-hydrogen) atoms. The molecule has 2 aromatic carbocycles. The fraction of sp³-hybridized carbons (Fsp3) is 0.235. The third-order valence-corrected chi connectivity index (χ3v) is 6.54. The molecular formula is C17H14ClF3O4S2. The Kier molecular flexibility index (Phi) is 6.49. The highest BCUT2D eigenvalue weighted by atomic mass is 35.5. The number of sulfone groups is 1. The largest absolute Gasteiger partial charge is 0.427 e. The van der Waals surface area contributed by atoms with Gasteiger partial charge in [0.1, 0.15) is 5.75 Å². The number of ether oxygens (including phenoxy) is 1. The van der Waals surface area contributed by atoms with Crippen molar-refractivity contribution >= 4 is 39.2 Å². The van der Waals surface area contributed by atoms with Crippen LogP contribution in [0.2, 0.25) is 5.02 Å². The lowest BCUT2D eigenvalue weighted by molar-refractivity contribution is -0.138. The molecule has 0 unspecified atom stereocenters. The Bertz CT molecular complexity index is 973. The number of rotatable bonds is 5. The van der Waals surface area contributed by atoms with Crippen molar-refractivity contribution in [2.45, 2.75) is 34.7 Å². The average molecular weight is 439 g/mol. The van der Waals surface area contributed by atoms with Gasteiger partial charge in [0.25, 0.3) is 0 Å². The molecule has 0 atom stereocenters. The van der Waals surface area contributed by atoms with Crippen LogP contribution in [0.25, 0.3) is 0 Å². The zero-order chi connectivity index (χ0) is 20.4. The van der Waals surface area contributed by atoms with Crippen LogP contribution in [-0.4, -0.2) is 20.1 Å². The quantitative estimate of drug-likeness (QED) is 0.472. The molecule has 0 amide bonds. The minimum Gasteiger partial charge on any atom is -0.427 e. The second-order valence-corrected chi connectivity index (χ2v) is 9.18. The standard InChI is InChI=1S/C17H14ClF3O4S2/c1-3-27(23,24)14-4-5-16(15(18)9-14)26-13-7-11(17(19,20)21)6-12(8-13)25-10(2)22/h4-9H,3H2,1-2H3. The third kappa shape index (κ3) is 5.63. The number of hydrogen-bond donors (Lipinski definition) is 0. The van der Waals surface area contributed by atoms with E-state index in [1.165, 1.54) is 31.2 Å². The Morgan fingerprint density at radius 3 is 2.37 bits per heavy atom. The monoisotopic (exact) mass is 438 g/mol. The van der Waals surface area contributed by atoms with Gasteiger partial charge < -0.3 is 4.74 Å². The van der Waals surface area contributed by atoms with Crippen molar-refractivity contribution in [3.05, 3.63) is 47.0 Å². The summed E-state index contributed by atoms with van der Waals surface area (Å²) >= 11 is 7.00. The fourth-order valence-corrected chi connectivity index (χ4v) is 4.25. The third-order valence-electron chi connectivity index (χ3n) is 3.34. The first-order valence-corrected chi connectivity index (χ1v) is 10.4. The molecule has 0 aliphatic carbocycles. The van der Waals surface area contributed by atoms with E-state index in [-0.39, 0.29) is 26.3 Å². The summed E-state index contributed by atoms with van der Waals surface area (Å²) in [5.74, 6) is -1.10. The number of carbonyl (C=O) groups excluding carboxylic acids is 1. The number of hydrogen-bond acceptors (Lipinski definition) is 5. The summed E-state index contributed by atoms with van der Waals surface area (Å²) in [6.45, 7) is 2.57. The van der Waals surface area contributed by atoms with E-state index in [2.05, 4.69) is 0 Å². The van der Waals surface area contributed by atoms with Gasteiger partial charge in [-0.05, 0) is 36.4 Å². The van der Waals surface area contributed by atoms with Crippen molar-refractivity contribution in [3.8, 4) is 5.75 Å². The van der Waals surface area contributed by atoms with E-state index >= 15 is 0 Å². The van der Waals surface area contributed by atoms with E-state index in [1.807, 2.05) is 0 Å². The number of alkyl halides is 3. The second-order valence-electron chi connectivity index (χ2n) is 5.38. The first-order chi connectivity index (χ1) is 12.4. The van der Waals surface area contributed by atoms with Crippen LogP contribution in [0, 0.1) is 0 Å². The van der Waals surface area contributed by atoms with E-state index in [1.54, 1.807) is 0 Å². The van der Waals surface area contributed by atoms with Crippen molar-refractivity contribution in [1.29, 1.82) is 0 Å². The van der Waals surface area contributed by atoms with Crippen LogP contribution < -0.4 is 4.74 Å². The molecular weight excluding hydrogens is 425 g/mol. The molecule has 0 aliphatic rings. The molecule has 146 valence electrons. The maximum absolute atomic E-state index is 13.1. The predicted octanol–water partition coefficient (Wildman–Crippen LogP) is 5.23. The van der Waals surface area contributed by atoms with Gasteiger partial charge in [0, 0.05) is 16.7 Å². The van der Waals surface area contributed by atoms with Gasteiger partial charge in [-0.25, -0.2) is 8.42 Å². The highest BCUT2D eigenvalue weighted by Gasteiger charge is 2.31. The summed E-state index contributed by atoms with van der Waals surface area (Å²) < 4.78 is 67.8. The Morgan fingerprint density at radius 2 is 1.85 bits per heavy atom. The molecule has 0 bridgehead atoms. The van der Waals surface area contributed by atoms with Gasteiger partial charge in [-0.3, -0.25) is 4.79 Å². The lowest BCUT2D eigenvalue weighted by Gasteiger charge is -2.12. The Balaban J connectivity index is 2.43. The number of halogens is 4. The summed E-state index contributed by atoms with van der Waals surface area (Å²) in [6.07, 6.45) is -4.63. The molecule has 2 aromatic rings. The van der Waals surface area contributed by atoms with Gasteiger partial charge in [-0.2, -0.15) is 13.2 Å². The van der Waals surface area contributed by atoms with Crippen LogP contribution in [0.3, 0.4) is 0 Å². The molecule has 0 saturated carbocycles. The Hall–Kier alpha value is -1.71. The molecule has 4 nitrogen and oxygen atoms in total. The highest BCUT2D eigenvalue weighted by molar-refractivity contribution is 7.99. The fourth-order valence-electron chi connectivity index (χ4n) is 2.07. The summed E-state index contributed by atoms with van der Waals surface area (Å²) in [5.41, 5.74) is -0.981. The SMILES string of the molecule is CCS(=O)(=O)c1ccc(Sc2cc(OC(C)=O)cc(C(F)(F)F)c2)c(Cl)c1. The normalized spacial score (nSPS) is 12.1. The molecule has 0 saturated heterocycles. The number of carbonyl (C=O) groups is 1. The summed E-state index contributed by atoms with van der Waals surface area (Å²) in [6, 6.07) is 6.90. The van der Waals surface area contributed by atoms with Gasteiger partial charge in [0.05, 0.1) is 21.2 Å². The molecule has 0 spiro atoms. The smallest absolute Gasteiger partial charge is 0.416 e. The molecule has 0 aliphatic heterocycles. The Morgan fingerprint density at radius 1 is 1.19 bits per heavy atom. The van der Waals surface area contributed by atoms with Crippen molar-refractivity contribution in [2.24, 2.45) is 0 Å². The molecule has 0 heterocycles. The van der Waals surface area contributed by atoms with Crippen LogP contribution in [0.1, 0.15) is 19.4 Å². The van der Waals surface area contributed by atoms with Crippen LogP contribution >= 0.6 is 23.4 Å². The summed E-state index contributed by atoms with van der Waals surface area (Å²) in [5, 5.41) is 0.0842. The zero-order valence-corrected chi connectivity index (χ0v) is 16.5. The second kappa shape index (κ2) is 8.12. The van der Waals surface area contributed by atoms with Crippen LogP contribution in [0.4, 0.5) is 13.2 Å². The van der Waals surface area contributed by atoms with Crippen LogP contribution in [0.15, 0.2) is 51.1 Å². The van der Waals surface area contributed by atoms with Gasteiger partial charge >= 0.3 is 12.1 Å². The molecule has 2 rings (SSSR count). The van der Waals surface area contributed by atoms with Crippen LogP contribution in [0.5, 0.6) is 5.75 Å². The molecule has 0 radical (unpaired) electrons. The Labute approximate surface area is 163 Å². The van der Waals surface area contributed by atoms with Crippen LogP contribution in [-0.2, 0) is 20.8 Å². The summed E-state index contributed by atoms with van der Waals surface area (Å²) in [7, 11) is -3.46. The highest BCUT2D eigenvalue weighted by Crippen LogP contribution is 2.40. The van der Waals surface area contributed by atoms with E-state index in [4.69, 9.17) is 16.3 Å². The number of benzene rings is 2. The first-order valence-electron chi connectivity index (χ1n) is 7.53. The molecule has 10 heteroatoms. The van der Waals surface area contributed by atoms with Crippen molar-refractivity contribution < 1.29 is 31.1 Å². The molecule has 0 fully saturated rings. The van der Waals surface area contributed by atoms with E-state index in [9.17, 15) is 26.4 Å². The van der Waals surface area contributed by atoms with Gasteiger partial charge in [-0.15, -0.1) is 0 Å². The lowest BCUT2D eigenvalue weighted by atomic mass is 10.2. The van der Waals surface area contributed by atoms with E-state index in [0.717, 1.165) is 30.8 Å². The van der Waals surface area contributed by atoms with Gasteiger partial charge in [0.2, 0.25) is 0 Å². The predicted molar refractivity (Wildman–Crippen MR) is 96.1 cm³/mol. The van der Waals surface area contributed by atoms with Gasteiger partial charge in [-0.1, -0.05) is 30.3 Å². The summed E-state index contributed by atoms with van der Waals surface area (Å²) in [4.78, 5) is 11.6. The zero-order valence-electron chi connectivity index (χ0n) is 14.1. The first kappa shape index (κ1) is 21.6. The average Bonchev–Trinajstić information content (AvgIpc) is 2.55. The lowest BCUT2D eigenvalue weighted by Crippen LogP contribution is -2.07. The van der Waals surface area contributed by atoms with E-state index < -0.39 is 27.5 Å². The molecule has 0 N–H and O–H groups in total. The van der Waals surface area contributed by atoms with Crippen molar-refractivity contribution in [1.82, 2.24) is 0 Å². The van der Waals surface area contributed by atoms with E-state index in [0.29, 0.717) is 4.90 Å². The molecule has 0 aromatic heterocycles. The van der Waals surface area contributed by atoms with Crippen molar-refractivity contribution in [2.75, 3.05) is 5.75 Å². The minimum absolute atomic E-state index is 0.0315. The topological polar surface area (TPSA) is 60.4 Å². The van der Waals surface area contributed by atoms with Gasteiger partial charge in [0.15, 0.2) is 9.84 Å². The number of esters is 1. The maximum atomic E-state index is 13.1. The minimum atomic E-state index is -4.63. The van der Waals surface area contributed by atoms with Crippen molar-refractivity contribution in [3.63, 3.8) is 0 Å².